The molecule has 0 spiro atoms. The van der Waals surface area contributed by atoms with Gasteiger partial charge in [-0.2, -0.15) is 0 Å². The van der Waals surface area contributed by atoms with E-state index in [1.54, 1.807) is 0 Å². The van der Waals surface area contributed by atoms with Crippen molar-refractivity contribution in [3.8, 4) is 0 Å². The van der Waals surface area contributed by atoms with Gasteiger partial charge >= 0.3 is 8.80 Å². The van der Waals surface area contributed by atoms with E-state index in [1.165, 1.54) is 0 Å². The van der Waals surface area contributed by atoms with Crippen LogP contribution in [0.2, 0.25) is 90.7 Å². The molecule has 0 amide bonds. The molecule has 1 N–H and O–H groups in total. The highest BCUT2D eigenvalue weighted by molar-refractivity contribution is 6.85. The molecule has 0 saturated heterocycles. The monoisotopic (exact) mass is 560 g/mol. The molecule has 0 heterocycles. The molecule has 0 rings (SSSR count). The lowest BCUT2D eigenvalue weighted by Gasteiger charge is -2.47. The van der Waals surface area contributed by atoms with Crippen LogP contribution in [0, 0.1) is 0 Å². The van der Waals surface area contributed by atoms with Gasteiger partial charge in [-0.3, -0.25) is 4.58 Å². The maximum absolute atomic E-state index is 11.7. The third kappa shape index (κ3) is 13.2. The van der Waals surface area contributed by atoms with Crippen LogP contribution in [0.25, 0.3) is 0 Å². The minimum absolute atomic E-state index is 0.0393. The molecule has 0 aliphatic rings. The van der Waals surface area contributed by atoms with Crippen molar-refractivity contribution in [3.63, 3.8) is 0 Å². The van der Waals surface area contributed by atoms with Crippen LogP contribution in [0.1, 0.15) is 19.8 Å². The summed E-state index contributed by atoms with van der Waals surface area (Å²) in [6, 6.07) is 0. The van der Waals surface area contributed by atoms with Gasteiger partial charge in [-0.25, -0.2) is 4.89 Å². The van der Waals surface area contributed by atoms with E-state index >= 15 is 0 Å². The Morgan fingerprint density at radius 1 is 0.750 bits per heavy atom. The predicted molar refractivity (Wildman–Crippen MR) is 149 cm³/mol. The topological polar surface area (TPSA) is 75.6 Å². The standard InChI is InChI=1S/C19H52O7Si6/c1-15-16-17(27)19(23-28(2,3)4,22-24-29(5,6)7)18(20)21-32(14,25-30(8,9)10)26-31(11,12)13/h17-18,20H,15-16H2,1-14,27H3. The summed E-state index contributed by atoms with van der Waals surface area (Å²) >= 11 is 0. The fraction of sp³-hybridized carbons (Fsp3) is 1.00. The summed E-state index contributed by atoms with van der Waals surface area (Å²) in [5.41, 5.74) is -0.0393. The zero-order chi connectivity index (χ0) is 25.8. The highest BCUT2D eigenvalue weighted by atomic mass is 28.5. The van der Waals surface area contributed by atoms with Crippen molar-refractivity contribution < 1.29 is 31.7 Å². The largest absolute Gasteiger partial charge is 0.478 e. The number of hydrogen-bond donors (Lipinski definition) is 1. The first kappa shape index (κ1) is 33.0. The highest BCUT2D eigenvalue weighted by Crippen LogP contribution is 2.40. The summed E-state index contributed by atoms with van der Waals surface area (Å²) in [7, 11) is -10.7. The van der Waals surface area contributed by atoms with Gasteiger partial charge in [-0.05, 0) is 85.0 Å². The second-order valence-electron chi connectivity index (χ2n) is 12.7. The molecule has 0 aromatic carbocycles. The van der Waals surface area contributed by atoms with Gasteiger partial charge < -0.3 is 22.2 Å². The first-order valence-electron chi connectivity index (χ1n) is 11.8. The number of aliphatic hydroxyl groups is 1. The number of aliphatic hydroxyl groups excluding tert-OH is 1. The SMILES string of the molecule is CCCC([SiH3])C(OO[Si](C)(C)C)(O[Si](C)(C)C)C(O)O[Si](C)(O[Si](C)(C)C)O[Si](C)(C)C. The van der Waals surface area contributed by atoms with E-state index in [4.69, 9.17) is 26.5 Å². The molecule has 0 aliphatic carbocycles. The third-order valence-electron chi connectivity index (χ3n) is 3.95. The van der Waals surface area contributed by atoms with E-state index in [9.17, 15) is 5.11 Å². The van der Waals surface area contributed by atoms with Crippen molar-refractivity contribution in [1.29, 1.82) is 0 Å². The average Bonchev–Trinajstić information content (AvgIpc) is 2.44. The van der Waals surface area contributed by atoms with Crippen LogP contribution in [0.3, 0.4) is 0 Å². The summed E-state index contributed by atoms with van der Waals surface area (Å²) < 4.78 is 31.8. The minimum atomic E-state index is -3.21. The van der Waals surface area contributed by atoms with Gasteiger partial charge in [-0.1, -0.05) is 13.3 Å². The molecule has 7 nitrogen and oxygen atoms in total. The average molecular weight is 561 g/mol. The Labute approximate surface area is 206 Å². The van der Waals surface area contributed by atoms with Gasteiger partial charge in [-0.15, -0.1) is 0 Å². The normalized spacial score (nSPS) is 18.5. The molecule has 194 valence electrons. The van der Waals surface area contributed by atoms with Crippen molar-refractivity contribution >= 4 is 52.3 Å². The molecule has 0 aromatic heterocycles. The Bertz CT molecular complexity index is 552. The minimum Gasteiger partial charge on any atom is -0.416 e. The fourth-order valence-corrected chi connectivity index (χ4v) is 16.7. The molecule has 32 heavy (non-hydrogen) atoms. The van der Waals surface area contributed by atoms with Crippen LogP contribution in [-0.2, 0) is 26.5 Å². The van der Waals surface area contributed by atoms with E-state index in [0.717, 1.165) is 23.1 Å². The van der Waals surface area contributed by atoms with Crippen LogP contribution in [0.5, 0.6) is 0 Å². The van der Waals surface area contributed by atoms with E-state index < -0.39 is 54.2 Å². The molecule has 0 aromatic rings. The number of rotatable bonds is 15. The fourth-order valence-electron chi connectivity index (χ4n) is 3.30. The van der Waals surface area contributed by atoms with E-state index in [1.807, 2.05) is 26.2 Å². The molecule has 3 atom stereocenters. The molecule has 13 heteroatoms. The van der Waals surface area contributed by atoms with Crippen LogP contribution in [0.15, 0.2) is 0 Å². The maximum atomic E-state index is 11.7. The Morgan fingerprint density at radius 2 is 1.19 bits per heavy atom. The van der Waals surface area contributed by atoms with Crippen LogP contribution in [-0.4, -0.2) is 69.5 Å². The van der Waals surface area contributed by atoms with Gasteiger partial charge in [0.2, 0.25) is 20.4 Å². The summed E-state index contributed by atoms with van der Waals surface area (Å²) in [6.45, 7) is 29.0. The molecule has 0 aliphatic heterocycles. The van der Waals surface area contributed by atoms with Crippen molar-refractivity contribution in [3.05, 3.63) is 0 Å². The van der Waals surface area contributed by atoms with Gasteiger partial charge in [0.05, 0.1) is 0 Å². The maximum Gasteiger partial charge on any atom is 0.478 e. The van der Waals surface area contributed by atoms with Gasteiger partial charge in [0.25, 0.3) is 0 Å². The summed E-state index contributed by atoms with van der Waals surface area (Å²) in [5.74, 6) is -1.41. The molecular formula is C19H52O7Si6. The molecule has 0 saturated carbocycles. The third-order valence-corrected chi connectivity index (χ3v) is 15.4. The first-order valence-corrected chi connectivity index (χ1v) is 28.8. The second-order valence-corrected chi connectivity index (χ2v) is 34.9. The lowest BCUT2D eigenvalue weighted by atomic mass is 10.1. The van der Waals surface area contributed by atoms with Gasteiger partial charge in [0.1, 0.15) is 0 Å². The molecular weight excluding hydrogens is 509 g/mol. The quantitative estimate of drug-likeness (QED) is 0.132. The highest BCUT2D eigenvalue weighted by Gasteiger charge is 2.55. The summed E-state index contributed by atoms with van der Waals surface area (Å²) in [4.78, 5) is 6.12. The van der Waals surface area contributed by atoms with Crippen molar-refractivity contribution in [2.75, 3.05) is 0 Å². The lowest BCUT2D eigenvalue weighted by molar-refractivity contribution is -0.417. The predicted octanol–water partition coefficient (Wildman–Crippen LogP) is 4.88. The molecule has 0 bridgehead atoms. The first-order chi connectivity index (χ1) is 13.9. The zero-order valence-corrected chi connectivity index (χ0v) is 30.5. The van der Waals surface area contributed by atoms with E-state index in [2.05, 4.69) is 65.8 Å². The van der Waals surface area contributed by atoms with Crippen molar-refractivity contribution in [1.82, 2.24) is 0 Å². The van der Waals surface area contributed by atoms with Gasteiger partial charge in [0, 0.05) is 22.3 Å². The van der Waals surface area contributed by atoms with Crippen LogP contribution >= 0.6 is 0 Å². The van der Waals surface area contributed by atoms with Crippen LogP contribution < -0.4 is 0 Å². The Hall–Kier alpha value is 1.02. The lowest BCUT2D eigenvalue weighted by Crippen LogP contribution is -2.63. The smallest absolute Gasteiger partial charge is 0.416 e. The zero-order valence-electron chi connectivity index (χ0n) is 23.5. The van der Waals surface area contributed by atoms with Crippen molar-refractivity contribution in [2.24, 2.45) is 0 Å². The van der Waals surface area contributed by atoms with Gasteiger partial charge in [0.15, 0.2) is 25.0 Å². The molecule has 0 fully saturated rings. The van der Waals surface area contributed by atoms with E-state index in [-0.39, 0.29) is 5.54 Å². The van der Waals surface area contributed by atoms with Crippen LogP contribution in [0.4, 0.5) is 0 Å². The number of hydrogen-bond acceptors (Lipinski definition) is 7. The Balaban J connectivity index is 6.39. The molecule has 0 radical (unpaired) electrons. The summed E-state index contributed by atoms with van der Waals surface area (Å²) in [6.07, 6.45) is 0.400. The second kappa shape index (κ2) is 11.8. The Kier molecular flexibility index (Phi) is 12.2. The van der Waals surface area contributed by atoms with Crippen molar-refractivity contribution in [2.45, 2.75) is 122 Å². The molecule has 3 unspecified atom stereocenters. The van der Waals surface area contributed by atoms with E-state index in [0.29, 0.717) is 0 Å². The summed E-state index contributed by atoms with van der Waals surface area (Å²) in [5, 5.41) is 11.7. The Morgan fingerprint density at radius 3 is 1.50 bits per heavy atom.